The first-order chi connectivity index (χ1) is 12.5. The number of hydrogen-bond donors (Lipinski definition) is 0. The maximum Gasteiger partial charge on any atom is 0.262 e. The number of rotatable bonds is 2. The van der Waals surface area contributed by atoms with Crippen molar-refractivity contribution in [1.82, 2.24) is 9.47 Å². The Kier molecular flexibility index (Phi) is 4.32. The standard InChI is InChI=1S/C21H20F2N2O/c1-24-10-8-14(9-11-24)19-13-25(20-7-6-17(23)12-18(19)20)21(26)15-2-4-16(22)5-3-15/h2-7,12-14H,8-11H2,1H3. The van der Waals surface area contributed by atoms with E-state index in [9.17, 15) is 13.6 Å². The molecule has 1 aliphatic heterocycles. The van der Waals surface area contributed by atoms with E-state index in [-0.39, 0.29) is 17.5 Å². The number of fused-ring (bicyclic) bond motifs is 1. The fraction of sp³-hybridized carbons (Fsp3) is 0.286. The van der Waals surface area contributed by atoms with Crippen molar-refractivity contribution in [2.45, 2.75) is 18.8 Å². The Bertz CT molecular complexity index is 954. The third-order valence-electron chi connectivity index (χ3n) is 5.27. The van der Waals surface area contributed by atoms with Gasteiger partial charge in [0, 0.05) is 17.1 Å². The molecule has 1 saturated heterocycles. The predicted octanol–water partition coefficient (Wildman–Crippen LogP) is 4.42. The lowest BCUT2D eigenvalue weighted by Crippen LogP contribution is -2.29. The molecule has 0 radical (unpaired) electrons. The Hall–Kier alpha value is -2.53. The molecule has 2 heterocycles. The molecule has 3 aromatic rings. The van der Waals surface area contributed by atoms with Crippen molar-refractivity contribution in [3.8, 4) is 0 Å². The zero-order valence-electron chi connectivity index (χ0n) is 14.6. The highest BCUT2D eigenvalue weighted by molar-refractivity contribution is 6.03. The van der Waals surface area contributed by atoms with Crippen LogP contribution in [0.5, 0.6) is 0 Å². The van der Waals surface area contributed by atoms with E-state index in [1.54, 1.807) is 10.6 Å². The number of carbonyl (C=O) groups is 1. The minimum absolute atomic E-state index is 0.235. The van der Waals surface area contributed by atoms with E-state index in [0.29, 0.717) is 17.0 Å². The van der Waals surface area contributed by atoms with Gasteiger partial charge in [-0.15, -0.1) is 0 Å². The third kappa shape index (κ3) is 3.03. The van der Waals surface area contributed by atoms with E-state index in [1.165, 1.54) is 36.4 Å². The summed E-state index contributed by atoms with van der Waals surface area (Å²) in [5.74, 6) is -0.620. The van der Waals surface area contributed by atoms with Gasteiger partial charge >= 0.3 is 0 Å². The van der Waals surface area contributed by atoms with Gasteiger partial charge in [0.15, 0.2) is 0 Å². The molecule has 0 saturated carbocycles. The lowest BCUT2D eigenvalue weighted by atomic mass is 9.89. The van der Waals surface area contributed by atoms with Gasteiger partial charge in [-0.3, -0.25) is 9.36 Å². The summed E-state index contributed by atoms with van der Waals surface area (Å²) in [6.07, 6.45) is 3.81. The molecule has 0 bridgehead atoms. The lowest BCUT2D eigenvalue weighted by molar-refractivity contribution is 0.0964. The summed E-state index contributed by atoms with van der Waals surface area (Å²) in [6, 6.07) is 10.0. The molecule has 4 rings (SSSR count). The van der Waals surface area contributed by atoms with Crippen LogP contribution in [0, 0.1) is 11.6 Å². The van der Waals surface area contributed by atoms with E-state index in [0.717, 1.165) is 36.9 Å². The Labute approximate surface area is 150 Å². The van der Waals surface area contributed by atoms with Gasteiger partial charge in [0.25, 0.3) is 5.91 Å². The number of nitrogens with zero attached hydrogens (tertiary/aromatic N) is 2. The number of piperidine rings is 1. The van der Waals surface area contributed by atoms with Gasteiger partial charge in [0.1, 0.15) is 11.6 Å². The molecule has 0 unspecified atom stereocenters. The molecular formula is C21H20F2N2O. The SMILES string of the molecule is CN1CCC(c2cn(C(=O)c3ccc(F)cc3)c3ccc(F)cc23)CC1. The van der Waals surface area contributed by atoms with E-state index < -0.39 is 0 Å². The second-order valence-electron chi connectivity index (χ2n) is 7.01. The van der Waals surface area contributed by atoms with Crippen molar-refractivity contribution in [1.29, 1.82) is 0 Å². The Morgan fingerprint density at radius 2 is 1.65 bits per heavy atom. The van der Waals surface area contributed by atoms with Crippen LogP contribution in [-0.2, 0) is 0 Å². The molecule has 5 heteroatoms. The minimum Gasteiger partial charge on any atom is -0.306 e. The Balaban J connectivity index is 1.80. The number of aromatic nitrogens is 1. The molecule has 1 fully saturated rings. The molecule has 0 amide bonds. The number of hydrogen-bond acceptors (Lipinski definition) is 2. The van der Waals surface area contributed by atoms with Gasteiger partial charge in [-0.05, 0) is 86.9 Å². The largest absolute Gasteiger partial charge is 0.306 e. The monoisotopic (exact) mass is 354 g/mol. The van der Waals surface area contributed by atoms with Crippen LogP contribution in [-0.4, -0.2) is 35.5 Å². The summed E-state index contributed by atoms with van der Waals surface area (Å²) in [5, 5.41) is 0.787. The maximum atomic E-state index is 13.9. The summed E-state index contributed by atoms with van der Waals surface area (Å²) in [5.41, 5.74) is 2.11. The summed E-state index contributed by atoms with van der Waals surface area (Å²) < 4.78 is 28.6. The topological polar surface area (TPSA) is 25.2 Å². The van der Waals surface area contributed by atoms with Gasteiger partial charge in [0.05, 0.1) is 5.52 Å². The summed E-state index contributed by atoms with van der Waals surface area (Å²) in [4.78, 5) is 15.2. The van der Waals surface area contributed by atoms with Crippen LogP contribution in [0.2, 0.25) is 0 Å². The lowest BCUT2D eigenvalue weighted by Gasteiger charge is -2.28. The summed E-state index contributed by atoms with van der Waals surface area (Å²) >= 11 is 0. The summed E-state index contributed by atoms with van der Waals surface area (Å²) in [7, 11) is 2.09. The van der Waals surface area contributed by atoms with E-state index in [4.69, 9.17) is 0 Å². The molecule has 0 aliphatic carbocycles. The van der Waals surface area contributed by atoms with Crippen LogP contribution in [0.4, 0.5) is 8.78 Å². The van der Waals surface area contributed by atoms with Gasteiger partial charge in [0.2, 0.25) is 0 Å². The van der Waals surface area contributed by atoms with Crippen LogP contribution in [0.15, 0.2) is 48.7 Å². The highest BCUT2D eigenvalue weighted by Crippen LogP contribution is 2.35. The highest BCUT2D eigenvalue weighted by Gasteiger charge is 2.24. The smallest absolute Gasteiger partial charge is 0.262 e. The van der Waals surface area contributed by atoms with Crippen molar-refractivity contribution < 1.29 is 13.6 Å². The number of carbonyl (C=O) groups excluding carboxylic acids is 1. The Morgan fingerprint density at radius 3 is 2.35 bits per heavy atom. The van der Waals surface area contributed by atoms with E-state index in [2.05, 4.69) is 11.9 Å². The van der Waals surface area contributed by atoms with Crippen LogP contribution in [0.3, 0.4) is 0 Å². The molecule has 1 aromatic heterocycles. The second kappa shape index (κ2) is 6.65. The zero-order chi connectivity index (χ0) is 18.3. The molecule has 3 nitrogen and oxygen atoms in total. The molecule has 134 valence electrons. The van der Waals surface area contributed by atoms with Crippen LogP contribution >= 0.6 is 0 Å². The molecule has 0 spiro atoms. The third-order valence-corrected chi connectivity index (χ3v) is 5.27. The first-order valence-electron chi connectivity index (χ1n) is 8.82. The molecule has 0 N–H and O–H groups in total. The molecule has 26 heavy (non-hydrogen) atoms. The van der Waals surface area contributed by atoms with Crippen molar-refractivity contribution in [2.75, 3.05) is 20.1 Å². The average Bonchev–Trinajstić information content (AvgIpc) is 3.01. The van der Waals surface area contributed by atoms with Crippen LogP contribution in [0.25, 0.3) is 10.9 Å². The van der Waals surface area contributed by atoms with Gasteiger partial charge in [-0.2, -0.15) is 0 Å². The number of benzene rings is 2. The average molecular weight is 354 g/mol. The highest BCUT2D eigenvalue weighted by atomic mass is 19.1. The molecule has 1 aliphatic rings. The zero-order valence-corrected chi connectivity index (χ0v) is 14.6. The van der Waals surface area contributed by atoms with Crippen molar-refractivity contribution in [2.24, 2.45) is 0 Å². The van der Waals surface area contributed by atoms with Crippen molar-refractivity contribution in [3.63, 3.8) is 0 Å². The summed E-state index contributed by atoms with van der Waals surface area (Å²) in [6.45, 7) is 1.97. The predicted molar refractivity (Wildman–Crippen MR) is 97.5 cm³/mol. The van der Waals surface area contributed by atoms with Gasteiger partial charge < -0.3 is 4.90 Å². The van der Waals surface area contributed by atoms with Crippen LogP contribution in [0.1, 0.15) is 34.7 Å². The molecule has 2 aromatic carbocycles. The van der Waals surface area contributed by atoms with Crippen molar-refractivity contribution >= 4 is 16.8 Å². The fourth-order valence-electron chi connectivity index (χ4n) is 3.77. The maximum absolute atomic E-state index is 13.9. The number of halogens is 2. The van der Waals surface area contributed by atoms with Gasteiger partial charge in [-0.1, -0.05) is 0 Å². The quantitative estimate of drug-likeness (QED) is 0.681. The fourth-order valence-corrected chi connectivity index (χ4v) is 3.77. The second-order valence-corrected chi connectivity index (χ2v) is 7.01. The number of likely N-dealkylation sites (tertiary alicyclic amines) is 1. The molecule has 0 atom stereocenters. The van der Waals surface area contributed by atoms with E-state index in [1.807, 2.05) is 6.20 Å². The van der Waals surface area contributed by atoms with E-state index >= 15 is 0 Å². The first kappa shape index (κ1) is 16.9. The molecular weight excluding hydrogens is 334 g/mol. The Morgan fingerprint density at radius 1 is 1.00 bits per heavy atom. The minimum atomic E-state index is -0.381. The normalized spacial score (nSPS) is 16.3. The van der Waals surface area contributed by atoms with Crippen LogP contribution < -0.4 is 0 Å². The van der Waals surface area contributed by atoms with Gasteiger partial charge in [-0.25, -0.2) is 8.78 Å². The van der Waals surface area contributed by atoms with Crippen molar-refractivity contribution in [3.05, 3.63) is 71.4 Å². The first-order valence-corrected chi connectivity index (χ1v) is 8.82.